The number of hydrogen-bond acceptors (Lipinski definition) is 5. The molecule has 0 aromatic carbocycles. The quantitative estimate of drug-likeness (QED) is 0.646. The van der Waals surface area contributed by atoms with Crippen LogP contribution in [-0.4, -0.2) is 51.9 Å². The molecule has 0 aliphatic heterocycles. The van der Waals surface area contributed by atoms with Gasteiger partial charge in [0, 0.05) is 0 Å². The van der Waals surface area contributed by atoms with Crippen LogP contribution in [0.15, 0.2) is 0 Å². The van der Waals surface area contributed by atoms with Crippen LogP contribution in [0.5, 0.6) is 12.0 Å². The summed E-state index contributed by atoms with van der Waals surface area (Å²) < 4.78 is 155. The third kappa shape index (κ3) is 6.62. The van der Waals surface area contributed by atoms with E-state index in [1.54, 1.807) is 0 Å². The summed E-state index contributed by atoms with van der Waals surface area (Å²) in [4.78, 5) is 7.64. The van der Waals surface area contributed by atoms with Gasteiger partial charge in [-0.25, -0.2) is 0 Å². The molecule has 0 saturated heterocycles. The van der Waals surface area contributed by atoms with Crippen molar-refractivity contribution in [3.8, 4) is 12.0 Å². The Kier molecular flexibility index (Phi) is 6.19. The van der Waals surface area contributed by atoms with Crippen molar-refractivity contribution in [1.29, 1.82) is 0 Å². The normalized spacial score (nSPS) is 14.0. The summed E-state index contributed by atoms with van der Waals surface area (Å²) in [7, 11) is 0. The van der Waals surface area contributed by atoms with Gasteiger partial charge in [-0.3, -0.25) is 0 Å². The van der Waals surface area contributed by atoms with Crippen LogP contribution in [0.1, 0.15) is 0 Å². The fourth-order valence-electron chi connectivity index (χ4n) is 1.27. The SMILES string of the molecule is FC(F)(F)C(Oc1nc(Cl)nc(OC(C(F)(F)F)C(F)(F)F)n1)C(F)(F)F. The number of rotatable bonds is 4. The highest BCUT2D eigenvalue weighted by atomic mass is 35.5. The van der Waals surface area contributed by atoms with Crippen LogP contribution in [0.3, 0.4) is 0 Å². The van der Waals surface area contributed by atoms with E-state index >= 15 is 0 Å². The lowest BCUT2D eigenvalue weighted by Crippen LogP contribution is -2.47. The maximum absolute atomic E-state index is 12.3. The number of alkyl halides is 12. The van der Waals surface area contributed by atoms with Gasteiger partial charge >= 0.3 is 36.7 Å². The molecule has 0 N–H and O–H groups in total. The number of nitrogens with zero attached hydrogens (tertiary/aromatic N) is 3. The van der Waals surface area contributed by atoms with Gasteiger partial charge in [-0.15, -0.1) is 4.98 Å². The molecule has 1 heterocycles. The average Bonchev–Trinajstić information content (AvgIpc) is 2.36. The van der Waals surface area contributed by atoms with Crippen LogP contribution < -0.4 is 9.47 Å². The first-order valence-electron chi connectivity index (χ1n) is 5.83. The summed E-state index contributed by atoms with van der Waals surface area (Å²) in [5.74, 6) is 0. The van der Waals surface area contributed by atoms with E-state index in [0.717, 1.165) is 0 Å². The van der Waals surface area contributed by atoms with Crippen molar-refractivity contribution in [3.05, 3.63) is 5.28 Å². The van der Waals surface area contributed by atoms with Gasteiger partial charge in [0.25, 0.3) is 12.2 Å². The van der Waals surface area contributed by atoms with Gasteiger partial charge in [0.2, 0.25) is 5.28 Å². The lowest BCUT2D eigenvalue weighted by molar-refractivity contribution is -0.302. The molecule has 0 aliphatic carbocycles. The minimum absolute atomic E-state index is 1.40. The first-order valence-corrected chi connectivity index (χ1v) is 6.21. The molecule has 18 heteroatoms. The topological polar surface area (TPSA) is 57.1 Å². The Balaban J connectivity index is 3.24. The Morgan fingerprint density at radius 3 is 1.04 bits per heavy atom. The van der Waals surface area contributed by atoms with Gasteiger partial charge in [-0.1, -0.05) is 0 Å². The van der Waals surface area contributed by atoms with E-state index in [1.165, 1.54) is 0 Å². The molecule has 0 amide bonds. The largest absolute Gasteiger partial charge is 0.440 e. The second-order valence-electron chi connectivity index (χ2n) is 4.33. The van der Waals surface area contributed by atoms with Crippen LogP contribution in [0.2, 0.25) is 5.28 Å². The Labute approximate surface area is 144 Å². The Hall–Kier alpha value is -1.94. The zero-order valence-corrected chi connectivity index (χ0v) is 12.5. The van der Waals surface area contributed by atoms with E-state index in [9.17, 15) is 52.7 Å². The Morgan fingerprint density at radius 2 is 0.815 bits per heavy atom. The average molecular weight is 448 g/mol. The maximum atomic E-state index is 12.3. The van der Waals surface area contributed by atoms with E-state index in [4.69, 9.17) is 11.6 Å². The second kappa shape index (κ2) is 7.23. The van der Waals surface area contributed by atoms with Crippen molar-refractivity contribution in [3.63, 3.8) is 0 Å². The molecule has 0 saturated carbocycles. The van der Waals surface area contributed by atoms with E-state index in [0.29, 0.717) is 0 Å². The molecule has 1 aromatic heterocycles. The highest BCUT2D eigenvalue weighted by Gasteiger charge is 2.61. The molecule has 0 radical (unpaired) electrons. The fourth-order valence-corrected chi connectivity index (χ4v) is 1.41. The van der Waals surface area contributed by atoms with Crippen molar-refractivity contribution in [1.82, 2.24) is 15.0 Å². The molecule has 0 bridgehead atoms. The van der Waals surface area contributed by atoms with Gasteiger partial charge in [-0.2, -0.15) is 62.7 Å². The first-order chi connectivity index (χ1) is 11.8. The fraction of sp³-hybridized carbons (Fsp3) is 0.667. The predicted molar refractivity (Wildman–Crippen MR) is 57.9 cm³/mol. The number of halogens is 13. The van der Waals surface area contributed by atoms with Crippen molar-refractivity contribution < 1.29 is 62.2 Å². The summed E-state index contributed by atoms with van der Waals surface area (Å²) in [5, 5.41) is -1.40. The molecule has 0 unspecified atom stereocenters. The first kappa shape index (κ1) is 23.1. The highest BCUT2D eigenvalue weighted by Crippen LogP contribution is 2.38. The third-order valence-electron chi connectivity index (χ3n) is 2.20. The maximum Gasteiger partial charge on any atom is 0.434 e. The van der Waals surface area contributed by atoms with Crippen molar-refractivity contribution in [2.75, 3.05) is 0 Å². The number of aromatic nitrogens is 3. The Bertz CT molecular complexity index is 575. The molecule has 0 aliphatic rings. The molecule has 0 fully saturated rings. The second-order valence-corrected chi connectivity index (χ2v) is 4.67. The molecule has 1 aromatic rings. The molecule has 0 atom stereocenters. The van der Waals surface area contributed by atoms with Crippen molar-refractivity contribution in [2.24, 2.45) is 0 Å². The standard InChI is InChI=1S/C9H2ClF12N3O2/c10-3-23-4(26-1(6(11,12)13)7(14,15)16)25-5(24-3)27-2(8(17,18)19)9(20,21)22/h1-2H. The van der Waals surface area contributed by atoms with E-state index in [1.807, 2.05) is 0 Å². The van der Waals surface area contributed by atoms with Crippen LogP contribution in [-0.2, 0) is 0 Å². The van der Waals surface area contributed by atoms with Gasteiger partial charge in [0.1, 0.15) is 0 Å². The molecule has 27 heavy (non-hydrogen) atoms. The van der Waals surface area contributed by atoms with E-state index in [2.05, 4.69) is 24.4 Å². The number of ether oxygens (including phenoxy) is 2. The molecule has 156 valence electrons. The predicted octanol–water partition coefficient (Wildman–Crippen LogP) is 4.27. The third-order valence-corrected chi connectivity index (χ3v) is 2.37. The van der Waals surface area contributed by atoms with Crippen LogP contribution in [0.4, 0.5) is 52.7 Å². The summed E-state index contributed by atoms with van der Waals surface area (Å²) in [5.41, 5.74) is 0. The molecule has 5 nitrogen and oxygen atoms in total. The summed E-state index contributed by atoms with van der Waals surface area (Å²) in [6.07, 6.45) is -33.5. The van der Waals surface area contributed by atoms with Crippen molar-refractivity contribution in [2.45, 2.75) is 36.9 Å². The molecule has 1 rings (SSSR count). The molecular formula is C9H2ClF12N3O2. The smallest absolute Gasteiger partial charge is 0.434 e. The van der Waals surface area contributed by atoms with Crippen LogP contribution >= 0.6 is 11.6 Å². The molecule has 0 spiro atoms. The zero-order valence-electron chi connectivity index (χ0n) is 11.7. The lowest BCUT2D eigenvalue weighted by Gasteiger charge is -2.24. The number of hydrogen-bond donors (Lipinski definition) is 0. The highest BCUT2D eigenvalue weighted by molar-refractivity contribution is 6.28. The minimum Gasteiger partial charge on any atom is -0.440 e. The van der Waals surface area contributed by atoms with Gasteiger partial charge in [0.15, 0.2) is 0 Å². The summed E-state index contributed by atoms with van der Waals surface area (Å²) in [6, 6.07) is -3.96. The molecular weight excluding hydrogens is 446 g/mol. The lowest BCUT2D eigenvalue weighted by atomic mass is 10.3. The summed E-state index contributed by atoms with van der Waals surface area (Å²) >= 11 is 5.03. The van der Waals surface area contributed by atoms with Gasteiger partial charge in [-0.05, 0) is 11.6 Å². The van der Waals surface area contributed by atoms with Gasteiger partial charge < -0.3 is 9.47 Å². The minimum atomic E-state index is -6.08. The van der Waals surface area contributed by atoms with Crippen LogP contribution in [0, 0.1) is 0 Å². The van der Waals surface area contributed by atoms with Crippen molar-refractivity contribution >= 4 is 11.6 Å². The monoisotopic (exact) mass is 447 g/mol. The van der Waals surface area contributed by atoms with Crippen LogP contribution in [0.25, 0.3) is 0 Å². The van der Waals surface area contributed by atoms with Gasteiger partial charge in [0.05, 0.1) is 0 Å². The summed E-state index contributed by atoms with van der Waals surface area (Å²) in [6.45, 7) is 0. The zero-order chi connectivity index (χ0) is 21.4. The van der Waals surface area contributed by atoms with E-state index in [-0.39, 0.29) is 0 Å². The van der Waals surface area contributed by atoms with E-state index < -0.39 is 54.2 Å². The Morgan fingerprint density at radius 1 is 0.556 bits per heavy atom.